The van der Waals surface area contributed by atoms with Gasteiger partial charge in [-0.25, -0.2) is 9.59 Å². The predicted molar refractivity (Wildman–Crippen MR) is 56.4 cm³/mol. The monoisotopic (exact) mass is 259 g/mol. The fourth-order valence-corrected chi connectivity index (χ4v) is 1.39. The summed E-state index contributed by atoms with van der Waals surface area (Å²) in [7, 11) is 1.41. The molecule has 0 aliphatic carbocycles. The predicted octanol–water partition coefficient (Wildman–Crippen LogP) is -2.56. The first-order chi connectivity index (χ1) is 8.36. The third-order valence-corrected chi connectivity index (χ3v) is 2.35. The minimum Gasteiger partial charge on any atom is -0.480 e. The van der Waals surface area contributed by atoms with E-state index in [2.05, 4.69) is 0 Å². The van der Waals surface area contributed by atoms with Gasteiger partial charge in [-0.2, -0.15) is 0 Å². The van der Waals surface area contributed by atoms with E-state index in [1.165, 1.54) is 7.05 Å². The molecular weight excluding hydrogens is 246 g/mol. The summed E-state index contributed by atoms with van der Waals surface area (Å²) in [6, 6.07) is -2.07. The number of amides is 4. The first kappa shape index (κ1) is 13.9. The number of carboxylic acids is 1. The van der Waals surface area contributed by atoms with Crippen LogP contribution in [0.1, 0.15) is 0 Å². The molecule has 1 rings (SSSR count). The molecule has 0 radical (unpaired) electrons. The van der Waals surface area contributed by atoms with Crippen LogP contribution in [0.15, 0.2) is 0 Å². The first-order valence-corrected chi connectivity index (χ1v) is 5.05. The van der Waals surface area contributed by atoms with E-state index in [1.807, 2.05) is 5.32 Å². The molecule has 1 heterocycles. The summed E-state index contributed by atoms with van der Waals surface area (Å²) in [6.45, 7) is -1.46. The van der Waals surface area contributed by atoms with E-state index in [0.717, 1.165) is 4.90 Å². The molecule has 0 aromatic heterocycles. The van der Waals surface area contributed by atoms with E-state index in [0.29, 0.717) is 4.90 Å². The third-order valence-electron chi connectivity index (χ3n) is 2.35. The molecule has 4 amide bonds. The molecule has 3 N–H and O–H groups in total. The molecule has 0 spiro atoms. The van der Waals surface area contributed by atoms with Gasteiger partial charge in [-0.15, -0.1) is 0 Å². The Balaban J connectivity index is 2.57. The van der Waals surface area contributed by atoms with Crippen molar-refractivity contribution in [3.63, 3.8) is 0 Å². The van der Waals surface area contributed by atoms with Gasteiger partial charge in [0, 0.05) is 7.05 Å². The number of likely N-dealkylation sites (N-methyl/N-ethyl adjacent to an activating group) is 1. The maximum Gasteiger partial charge on any atom is 0.328 e. The molecule has 0 saturated carbocycles. The van der Waals surface area contributed by atoms with Crippen molar-refractivity contribution in [3.8, 4) is 0 Å². The lowest BCUT2D eigenvalue weighted by atomic mass is 10.3. The van der Waals surface area contributed by atoms with E-state index in [4.69, 9.17) is 10.2 Å². The number of aliphatic hydroxyl groups is 1. The van der Waals surface area contributed by atoms with Gasteiger partial charge in [-0.05, 0) is 0 Å². The van der Waals surface area contributed by atoms with E-state index in [-0.39, 0.29) is 6.54 Å². The molecule has 0 aromatic rings. The fourth-order valence-electron chi connectivity index (χ4n) is 1.39. The Hall–Kier alpha value is -2.16. The minimum atomic E-state index is -1.46. The Kier molecular flexibility index (Phi) is 4.21. The van der Waals surface area contributed by atoms with Gasteiger partial charge in [0.2, 0.25) is 5.91 Å². The number of aliphatic carboxylic acids is 1. The number of carboxylic acid groups (broad SMARTS) is 1. The second-order valence-electron chi connectivity index (χ2n) is 3.76. The van der Waals surface area contributed by atoms with E-state index in [1.54, 1.807) is 0 Å². The van der Waals surface area contributed by atoms with Gasteiger partial charge in [0.25, 0.3) is 5.91 Å². The number of imide groups is 1. The molecule has 100 valence electrons. The zero-order valence-corrected chi connectivity index (χ0v) is 9.62. The number of nitrogens with zero attached hydrogens (tertiary/aromatic N) is 2. The van der Waals surface area contributed by atoms with Crippen LogP contribution in [0.4, 0.5) is 4.79 Å². The Morgan fingerprint density at radius 2 is 2.06 bits per heavy atom. The van der Waals surface area contributed by atoms with Crippen LogP contribution in [0.5, 0.6) is 0 Å². The summed E-state index contributed by atoms with van der Waals surface area (Å²) in [5.41, 5.74) is 0. The molecule has 1 aliphatic rings. The second kappa shape index (κ2) is 5.45. The number of nitrogens with one attached hydrogen (secondary N) is 1. The summed E-state index contributed by atoms with van der Waals surface area (Å²) in [5, 5.41) is 19.3. The van der Waals surface area contributed by atoms with Crippen molar-refractivity contribution in [1.29, 1.82) is 0 Å². The first-order valence-electron chi connectivity index (χ1n) is 5.05. The molecule has 1 saturated heterocycles. The largest absolute Gasteiger partial charge is 0.480 e. The maximum atomic E-state index is 11.4. The SMILES string of the molecule is CN1CC(=O)N(CC(=O)N[C@@H](CO)C(=O)O)C1=O. The lowest BCUT2D eigenvalue weighted by Crippen LogP contribution is -2.48. The highest BCUT2D eigenvalue weighted by Crippen LogP contribution is 2.06. The van der Waals surface area contributed by atoms with E-state index < -0.39 is 43.0 Å². The molecule has 1 atom stereocenters. The molecule has 9 heteroatoms. The highest BCUT2D eigenvalue weighted by atomic mass is 16.4. The van der Waals surface area contributed by atoms with Gasteiger partial charge in [-0.1, -0.05) is 0 Å². The van der Waals surface area contributed by atoms with Gasteiger partial charge in [0.05, 0.1) is 6.61 Å². The normalized spacial score (nSPS) is 17.0. The zero-order chi connectivity index (χ0) is 13.9. The lowest BCUT2D eigenvalue weighted by Gasteiger charge is -2.16. The van der Waals surface area contributed by atoms with Crippen LogP contribution < -0.4 is 5.32 Å². The third kappa shape index (κ3) is 2.94. The number of carbonyl (C=O) groups is 4. The van der Waals surface area contributed by atoms with Gasteiger partial charge >= 0.3 is 12.0 Å². The fraction of sp³-hybridized carbons (Fsp3) is 0.556. The Morgan fingerprint density at radius 3 is 2.44 bits per heavy atom. The van der Waals surface area contributed by atoms with Crippen LogP contribution >= 0.6 is 0 Å². The van der Waals surface area contributed by atoms with Gasteiger partial charge in [-0.3, -0.25) is 14.5 Å². The number of urea groups is 1. The van der Waals surface area contributed by atoms with Crippen molar-refractivity contribution < 1.29 is 29.4 Å². The van der Waals surface area contributed by atoms with Crippen LogP contribution in [-0.4, -0.2) is 76.6 Å². The van der Waals surface area contributed by atoms with Crippen molar-refractivity contribution in [2.45, 2.75) is 6.04 Å². The van der Waals surface area contributed by atoms with Crippen molar-refractivity contribution >= 4 is 23.8 Å². The molecule has 18 heavy (non-hydrogen) atoms. The van der Waals surface area contributed by atoms with Gasteiger partial charge in [0.1, 0.15) is 19.1 Å². The number of carbonyl (C=O) groups excluding carboxylic acids is 3. The van der Waals surface area contributed by atoms with Crippen LogP contribution in [0.2, 0.25) is 0 Å². The van der Waals surface area contributed by atoms with Gasteiger partial charge < -0.3 is 20.4 Å². The number of rotatable bonds is 5. The quantitative estimate of drug-likeness (QED) is 0.466. The highest BCUT2D eigenvalue weighted by molar-refractivity contribution is 6.04. The van der Waals surface area contributed by atoms with Crippen molar-refractivity contribution in [2.24, 2.45) is 0 Å². The summed E-state index contributed by atoms with van der Waals surface area (Å²) in [5.74, 6) is -2.76. The Labute approximate surface area is 102 Å². The lowest BCUT2D eigenvalue weighted by molar-refractivity contribution is -0.143. The molecular formula is C9H13N3O6. The minimum absolute atomic E-state index is 0.117. The summed E-state index contributed by atoms with van der Waals surface area (Å²) >= 11 is 0. The molecule has 1 fully saturated rings. The molecule has 9 nitrogen and oxygen atoms in total. The topological polar surface area (TPSA) is 127 Å². The summed E-state index contributed by atoms with van der Waals surface area (Å²) in [4.78, 5) is 46.6. The molecule has 0 bridgehead atoms. The van der Waals surface area contributed by atoms with Gasteiger partial charge in [0.15, 0.2) is 0 Å². The second-order valence-corrected chi connectivity index (χ2v) is 3.76. The molecule has 1 aliphatic heterocycles. The number of aliphatic hydroxyl groups excluding tert-OH is 1. The van der Waals surface area contributed by atoms with Crippen molar-refractivity contribution in [1.82, 2.24) is 15.1 Å². The van der Waals surface area contributed by atoms with Crippen LogP contribution in [0, 0.1) is 0 Å². The standard InChI is InChI=1S/C9H13N3O6/c1-11-3-7(15)12(9(11)18)2-6(14)10-5(4-13)8(16)17/h5,13H,2-4H2,1H3,(H,10,14)(H,16,17)/t5-/m0/s1. The zero-order valence-electron chi connectivity index (χ0n) is 9.62. The average Bonchev–Trinajstić information content (AvgIpc) is 2.52. The number of hydrogen-bond donors (Lipinski definition) is 3. The molecule has 0 aromatic carbocycles. The van der Waals surface area contributed by atoms with Crippen LogP contribution in [0.3, 0.4) is 0 Å². The highest BCUT2D eigenvalue weighted by Gasteiger charge is 2.35. The smallest absolute Gasteiger partial charge is 0.328 e. The van der Waals surface area contributed by atoms with Crippen LogP contribution in [-0.2, 0) is 14.4 Å². The van der Waals surface area contributed by atoms with E-state index in [9.17, 15) is 19.2 Å². The van der Waals surface area contributed by atoms with Crippen LogP contribution in [0.25, 0.3) is 0 Å². The Morgan fingerprint density at radius 1 is 1.44 bits per heavy atom. The Bertz CT molecular complexity index is 396. The van der Waals surface area contributed by atoms with Crippen molar-refractivity contribution in [2.75, 3.05) is 26.7 Å². The summed E-state index contributed by atoms with van der Waals surface area (Å²) in [6.07, 6.45) is 0. The average molecular weight is 259 g/mol. The number of hydrogen-bond acceptors (Lipinski definition) is 5. The van der Waals surface area contributed by atoms with Crippen molar-refractivity contribution in [3.05, 3.63) is 0 Å². The maximum absolute atomic E-state index is 11.4. The summed E-state index contributed by atoms with van der Waals surface area (Å²) < 4.78 is 0. The molecule has 0 unspecified atom stereocenters. The van der Waals surface area contributed by atoms with E-state index >= 15 is 0 Å².